The van der Waals surface area contributed by atoms with Crippen LogP contribution in [0.1, 0.15) is 19.8 Å². The van der Waals surface area contributed by atoms with Crippen molar-refractivity contribution in [3.05, 3.63) is 28.7 Å². The van der Waals surface area contributed by atoms with Gasteiger partial charge in [0, 0.05) is 17.1 Å². The van der Waals surface area contributed by atoms with E-state index in [0.29, 0.717) is 12.3 Å². The number of nitrogens with zero attached hydrogens (tertiary/aromatic N) is 1. The number of aliphatic hydroxyl groups is 1. The highest BCUT2D eigenvalue weighted by Gasteiger charge is 2.34. The van der Waals surface area contributed by atoms with Gasteiger partial charge in [-0.2, -0.15) is 0 Å². The maximum atomic E-state index is 12.3. The summed E-state index contributed by atoms with van der Waals surface area (Å²) in [5.74, 6) is 0.603. The lowest BCUT2D eigenvalue weighted by molar-refractivity contribution is -0.139. The van der Waals surface area contributed by atoms with Gasteiger partial charge in [0.25, 0.3) is 5.91 Å². The normalized spacial score (nSPS) is 15.9. The average Bonchev–Trinajstić information content (AvgIpc) is 3.19. The minimum Gasteiger partial charge on any atom is -0.481 e. The van der Waals surface area contributed by atoms with Crippen molar-refractivity contribution in [1.29, 1.82) is 0 Å². The molecule has 2 rings (SSSR count). The van der Waals surface area contributed by atoms with Gasteiger partial charge in [-0.05, 0) is 38.0 Å². The molecule has 0 saturated heterocycles. The molecular weight excluding hydrogens is 310 g/mol. The molecule has 0 heterocycles. The Labute approximate surface area is 121 Å². The minimum absolute atomic E-state index is 0.00809. The molecule has 19 heavy (non-hydrogen) atoms. The zero-order valence-electron chi connectivity index (χ0n) is 10.9. The van der Waals surface area contributed by atoms with Crippen molar-refractivity contribution in [2.75, 3.05) is 13.2 Å². The van der Waals surface area contributed by atoms with Crippen LogP contribution in [0, 0.1) is 0 Å². The van der Waals surface area contributed by atoms with Crippen molar-refractivity contribution < 1.29 is 14.6 Å². The second-order valence-corrected chi connectivity index (χ2v) is 5.62. The lowest BCUT2D eigenvalue weighted by Crippen LogP contribution is -2.43. The number of hydrogen-bond donors (Lipinski definition) is 1. The van der Waals surface area contributed by atoms with Crippen molar-refractivity contribution in [2.24, 2.45) is 0 Å². The summed E-state index contributed by atoms with van der Waals surface area (Å²) in [4.78, 5) is 14.0. The first-order valence-corrected chi connectivity index (χ1v) is 7.24. The number of carbonyl (C=O) groups excluding carboxylic acids is 1. The van der Waals surface area contributed by atoms with E-state index in [9.17, 15) is 4.79 Å². The average molecular weight is 328 g/mol. The molecule has 1 fully saturated rings. The smallest absolute Gasteiger partial charge is 0.263 e. The number of benzene rings is 1. The van der Waals surface area contributed by atoms with Crippen molar-refractivity contribution >= 4 is 21.8 Å². The molecule has 0 radical (unpaired) electrons. The molecule has 1 N–H and O–H groups in total. The zero-order chi connectivity index (χ0) is 13.8. The standard InChI is InChI=1S/C14H18BrNO3/c1-10(19-13-4-2-3-11(15)9-13)14(18)16(7-8-17)12-5-6-12/h2-4,9-10,12,17H,5-8H2,1H3. The van der Waals surface area contributed by atoms with Crippen molar-refractivity contribution in [2.45, 2.75) is 31.9 Å². The minimum atomic E-state index is -0.540. The highest BCUT2D eigenvalue weighted by atomic mass is 79.9. The Morgan fingerprint density at radius 2 is 2.32 bits per heavy atom. The van der Waals surface area contributed by atoms with Gasteiger partial charge in [0.05, 0.1) is 6.61 Å². The summed E-state index contributed by atoms with van der Waals surface area (Å²) in [6.45, 7) is 2.12. The van der Waals surface area contributed by atoms with E-state index in [1.807, 2.05) is 24.3 Å². The molecule has 0 aromatic heterocycles. The summed E-state index contributed by atoms with van der Waals surface area (Å²) in [5.41, 5.74) is 0. The fraction of sp³-hybridized carbons (Fsp3) is 0.500. The van der Waals surface area contributed by atoms with Gasteiger partial charge in [0.1, 0.15) is 5.75 Å². The quantitative estimate of drug-likeness (QED) is 0.871. The van der Waals surface area contributed by atoms with Crippen LogP contribution in [0.5, 0.6) is 5.75 Å². The molecule has 1 unspecified atom stereocenters. The predicted octanol–water partition coefficient (Wildman–Crippen LogP) is 2.20. The van der Waals surface area contributed by atoms with Crippen molar-refractivity contribution in [3.63, 3.8) is 0 Å². The molecule has 0 spiro atoms. The first-order chi connectivity index (χ1) is 9.11. The van der Waals surface area contributed by atoms with Crippen LogP contribution in [0.2, 0.25) is 0 Å². The molecule has 1 atom stereocenters. The van der Waals surface area contributed by atoms with Crippen LogP contribution in [-0.4, -0.2) is 41.2 Å². The highest BCUT2D eigenvalue weighted by Crippen LogP contribution is 2.28. The predicted molar refractivity (Wildman–Crippen MR) is 76.1 cm³/mol. The second kappa shape index (κ2) is 6.39. The Kier molecular flexibility index (Phi) is 4.82. The van der Waals surface area contributed by atoms with Crippen LogP contribution in [0.25, 0.3) is 0 Å². The number of amides is 1. The Balaban J connectivity index is 1.98. The van der Waals surface area contributed by atoms with Gasteiger partial charge in [0.15, 0.2) is 6.10 Å². The first-order valence-electron chi connectivity index (χ1n) is 6.45. The summed E-state index contributed by atoms with van der Waals surface area (Å²) in [7, 11) is 0. The number of rotatable bonds is 6. The lowest BCUT2D eigenvalue weighted by Gasteiger charge is -2.25. The van der Waals surface area contributed by atoms with E-state index >= 15 is 0 Å². The van der Waals surface area contributed by atoms with E-state index in [0.717, 1.165) is 17.3 Å². The molecule has 1 aromatic rings. The monoisotopic (exact) mass is 327 g/mol. The van der Waals surface area contributed by atoms with Crippen molar-refractivity contribution in [3.8, 4) is 5.75 Å². The van der Waals surface area contributed by atoms with E-state index in [1.165, 1.54) is 0 Å². The topological polar surface area (TPSA) is 49.8 Å². The van der Waals surface area contributed by atoms with E-state index in [4.69, 9.17) is 9.84 Å². The van der Waals surface area contributed by atoms with Gasteiger partial charge < -0.3 is 14.7 Å². The maximum absolute atomic E-state index is 12.3. The summed E-state index contributed by atoms with van der Waals surface area (Å²) in [5, 5.41) is 9.03. The van der Waals surface area contributed by atoms with Gasteiger partial charge in [-0.3, -0.25) is 4.79 Å². The number of hydrogen-bond acceptors (Lipinski definition) is 3. The molecule has 1 amide bonds. The lowest BCUT2D eigenvalue weighted by atomic mass is 10.3. The molecule has 104 valence electrons. The third-order valence-corrected chi connectivity index (χ3v) is 3.56. The van der Waals surface area contributed by atoms with Crippen LogP contribution < -0.4 is 4.74 Å². The number of carbonyl (C=O) groups is 1. The molecule has 1 aliphatic rings. The molecule has 1 saturated carbocycles. The van der Waals surface area contributed by atoms with Gasteiger partial charge in [0.2, 0.25) is 0 Å². The van der Waals surface area contributed by atoms with E-state index in [2.05, 4.69) is 15.9 Å². The SMILES string of the molecule is CC(Oc1cccc(Br)c1)C(=O)N(CCO)C1CC1. The third kappa shape index (κ3) is 3.94. The highest BCUT2D eigenvalue weighted by molar-refractivity contribution is 9.10. The molecule has 0 aliphatic heterocycles. The van der Waals surface area contributed by atoms with Crippen LogP contribution in [0.15, 0.2) is 28.7 Å². The number of halogens is 1. The van der Waals surface area contributed by atoms with Crippen LogP contribution in [-0.2, 0) is 4.79 Å². The van der Waals surface area contributed by atoms with Crippen LogP contribution in [0.3, 0.4) is 0 Å². The molecule has 4 nitrogen and oxygen atoms in total. The molecule has 1 aliphatic carbocycles. The zero-order valence-corrected chi connectivity index (χ0v) is 12.5. The van der Waals surface area contributed by atoms with Crippen LogP contribution in [0.4, 0.5) is 0 Å². The fourth-order valence-corrected chi connectivity index (χ4v) is 2.37. The second-order valence-electron chi connectivity index (χ2n) is 4.70. The summed E-state index contributed by atoms with van der Waals surface area (Å²) in [6, 6.07) is 7.71. The van der Waals surface area contributed by atoms with E-state index < -0.39 is 6.10 Å². The van der Waals surface area contributed by atoms with Crippen molar-refractivity contribution in [1.82, 2.24) is 4.90 Å². The largest absolute Gasteiger partial charge is 0.481 e. The fourth-order valence-electron chi connectivity index (χ4n) is 2.00. The molecule has 1 aromatic carbocycles. The van der Waals surface area contributed by atoms with Crippen LogP contribution >= 0.6 is 15.9 Å². The Hall–Kier alpha value is -1.07. The Morgan fingerprint density at radius 1 is 1.58 bits per heavy atom. The Bertz CT molecular complexity index is 448. The molecule has 5 heteroatoms. The molecule has 0 bridgehead atoms. The van der Waals surface area contributed by atoms with Gasteiger partial charge in [-0.1, -0.05) is 22.0 Å². The van der Waals surface area contributed by atoms with E-state index in [1.54, 1.807) is 11.8 Å². The number of aliphatic hydroxyl groups excluding tert-OH is 1. The summed E-state index contributed by atoms with van der Waals surface area (Å²) < 4.78 is 6.58. The van der Waals surface area contributed by atoms with E-state index in [-0.39, 0.29) is 18.6 Å². The summed E-state index contributed by atoms with van der Waals surface area (Å²) in [6.07, 6.45) is 1.51. The maximum Gasteiger partial charge on any atom is 0.263 e. The van der Waals surface area contributed by atoms with Gasteiger partial charge in [-0.25, -0.2) is 0 Å². The third-order valence-electron chi connectivity index (χ3n) is 3.07. The van der Waals surface area contributed by atoms with Gasteiger partial charge >= 0.3 is 0 Å². The first kappa shape index (κ1) is 14.3. The summed E-state index contributed by atoms with van der Waals surface area (Å²) >= 11 is 3.37. The van der Waals surface area contributed by atoms with Gasteiger partial charge in [-0.15, -0.1) is 0 Å². The Morgan fingerprint density at radius 3 is 2.89 bits per heavy atom. The number of ether oxygens (including phenoxy) is 1. The molecular formula is C14H18BrNO3.